The minimum atomic E-state index is 0.889. The minimum absolute atomic E-state index is 0.889. The lowest BCUT2D eigenvalue weighted by atomic mass is 10.0. The smallest absolute Gasteiger partial charge is 0.0972 e. The highest BCUT2D eigenvalue weighted by atomic mass is 32.1. The third-order valence-corrected chi connectivity index (χ3v) is 8.43. The van der Waals surface area contributed by atoms with Gasteiger partial charge in [0, 0.05) is 42.7 Å². The van der Waals surface area contributed by atoms with Crippen LogP contribution in [0.2, 0.25) is 0 Å². The number of hydrogen-bond acceptors (Lipinski definition) is 3. The Morgan fingerprint density at radius 2 is 1.27 bits per heavy atom. The Bertz CT molecular complexity index is 2140. The summed E-state index contributed by atoms with van der Waals surface area (Å²) in [4.78, 5) is 9.89. The molecule has 8 rings (SSSR count). The second-order valence-corrected chi connectivity index (χ2v) is 10.5. The van der Waals surface area contributed by atoms with Gasteiger partial charge in [-0.2, -0.15) is 0 Å². The van der Waals surface area contributed by atoms with Crippen molar-refractivity contribution >= 4 is 64.0 Å². The lowest BCUT2D eigenvalue weighted by molar-refractivity contribution is 1.29. The maximum absolute atomic E-state index is 5.01. The van der Waals surface area contributed by atoms with E-state index < -0.39 is 0 Å². The van der Waals surface area contributed by atoms with Crippen molar-refractivity contribution in [2.45, 2.75) is 0 Å². The molecule has 0 aliphatic heterocycles. The largest absolute Gasteiger partial charge is 0.254 e. The van der Waals surface area contributed by atoms with Crippen molar-refractivity contribution in [1.82, 2.24) is 9.97 Å². The first-order chi connectivity index (χ1) is 18.3. The Labute approximate surface area is 217 Å². The molecule has 8 aromatic rings. The average Bonchev–Trinajstić information content (AvgIpc) is 3.35. The quantitative estimate of drug-likeness (QED) is 0.226. The van der Waals surface area contributed by atoms with Crippen LogP contribution >= 0.6 is 11.3 Å². The number of hydrogen-bond donors (Lipinski definition) is 0. The third-order valence-electron chi connectivity index (χ3n) is 7.31. The summed E-state index contributed by atoms with van der Waals surface area (Å²) in [5, 5.41) is 8.78. The molecule has 3 aromatic heterocycles. The van der Waals surface area contributed by atoms with Crippen molar-refractivity contribution in [2.24, 2.45) is 0 Å². The first kappa shape index (κ1) is 20.6. The number of rotatable bonds is 2. The molecule has 0 amide bonds. The number of para-hydroxylation sites is 1. The van der Waals surface area contributed by atoms with Crippen molar-refractivity contribution in [3.8, 4) is 22.5 Å². The summed E-state index contributed by atoms with van der Waals surface area (Å²) in [7, 11) is 0. The van der Waals surface area contributed by atoms with Crippen molar-refractivity contribution in [3.63, 3.8) is 0 Å². The highest BCUT2D eigenvalue weighted by Gasteiger charge is 2.13. The molecule has 0 saturated carbocycles. The Hall–Kier alpha value is -4.60. The van der Waals surface area contributed by atoms with E-state index in [2.05, 4.69) is 109 Å². The van der Waals surface area contributed by atoms with Gasteiger partial charge in [-0.25, -0.2) is 4.98 Å². The first-order valence-corrected chi connectivity index (χ1v) is 13.2. The van der Waals surface area contributed by atoms with Gasteiger partial charge in [0.1, 0.15) is 0 Å². The highest BCUT2D eigenvalue weighted by Crippen LogP contribution is 2.40. The second kappa shape index (κ2) is 7.95. The van der Waals surface area contributed by atoms with Gasteiger partial charge < -0.3 is 0 Å². The molecule has 3 heterocycles. The maximum Gasteiger partial charge on any atom is 0.0972 e. The zero-order valence-electron chi connectivity index (χ0n) is 19.8. The molecule has 37 heavy (non-hydrogen) atoms. The molecule has 172 valence electrons. The highest BCUT2D eigenvalue weighted by molar-refractivity contribution is 7.26. The predicted octanol–water partition coefficient (Wildman–Crippen LogP) is 9.64. The molecular formula is C34H20N2S. The summed E-state index contributed by atoms with van der Waals surface area (Å²) < 4.78 is 2.63. The maximum atomic E-state index is 5.01. The monoisotopic (exact) mass is 488 g/mol. The van der Waals surface area contributed by atoms with Gasteiger partial charge in [0.25, 0.3) is 0 Å². The molecule has 0 unspecified atom stereocenters. The molecule has 3 heteroatoms. The lowest BCUT2D eigenvalue weighted by Crippen LogP contribution is -1.92. The Morgan fingerprint density at radius 1 is 0.514 bits per heavy atom. The van der Waals surface area contributed by atoms with Gasteiger partial charge in [-0.3, -0.25) is 4.98 Å². The van der Waals surface area contributed by atoms with E-state index in [-0.39, 0.29) is 0 Å². The van der Waals surface area contributed by atoms with Crippen LogP contribution in [0.15, 0.2) is 121 Å². The van der Waals surface area contributed by atoms with Crippen LogP contribution in [0.5, 0.6) is 0 Å². The van der Waals surface area contributed by atoms with Crippen molar-refractivity contribution in [3.05, 3.63) is 121 Å². The zero-order chi connectivity index (χ0) is 24.3. The summed E-state index contributed by atoms with van der Waals surface area (Å²) in [5.74, 6) is 0. The summed E-state index contributed by atoms with van der Waals surface area (Å²) in [6.07, 6.45) is 1.98. The van der Waals surface area contributed by atoms with E-state index in [1.54, 1.807) is 0 Å². The van der Waals surface area contributed by atoms with E-state index in [9.17, 15) is 0 Å². The molecule has 0 saturated heterocycles. The molecule has 0 radical (unpaired) electrons. The Morgan fingerprint density at radius 3 is 2.14 bits per heavy atom. The number of nitrogens with zero attached hydrogens (tertiary/aromatic N) is 2. The Balaban J connectivity index is 1.25. The molecule has 2 nitrogen and oxygen atoms in total. The SMILES string of the molecule is c1ccc2c(c1)ccc1sc3cc(-c4ccc(-c5nc6ccccc6c6ccccc56)nc4)ccc3c12. The molecule has 0 atom stereocenters. The molecule has 0 bridgehead atoms. The van der Waals surface area contributed by atoms with E-state index in [1.807, 2.05) is 23.6 Å². The zero-order valence-corrected chi connectivity index (χ0v) is 20.7. The summed E-state index contributed by atoms with van der Waals surface area (Å²) in [5.41, 5.74) is 5.09. The third kappa shape index (κ3) is 3.18. The van der Waals surface area contributed by atoms with Gasteiger partial charge >= 0.3 is 0 Å². The van der Waals surface area contributed by atoms with Crippen LogP contribution < -0.4 is 0 Å². The Kier molecular flexibility index (Phi) is 4.42. The van der Waals surface area contributed by atoms with Crippen LogP contribution in [0.3, 0.4) is 0 Å². The van der Waals surface area contributed by atoms with Crippen LogP contribution in [0, 0.1) is 0 Å². The van der Waals surface area contributed by atoms with Crippen LogP contribution in [0.4, 0.5) is 0 Å². The number of thiophene rings is 1. The average molecular weight is 489 g/mol. The van der Waals surface area contributed by atoms with Crippen LogP contribution in [-0.2, 0) is 0 Å². The number of pyridine rings is 2. The van der Waals surface area contributed by atoms with Crippen molar-refractivity contribution in [2.75, 3.05) is 0 Å². The van der Waals surface area contributed by atoms with E-state index in [4.69, 9.17) is 9.97 Å². The number of fused-ring (bicyclic) bond motifs is 8. The van der Waals surface area contributed by atoms with Gasteiger partial charge in [0.15, 0.2) is 0 Å². The topological polar surface area (TPSA) is 25.8 Å². The van der Waals surface area contributed by atoms with E-state index in [0.717, 1.165) is 27.9 Å². The molecule has 0 fully saturated rings. The van der Waals surface area contributed by atoms with Gasteiger partial charge in [-0.05, 0) is 46.0 Å². The standard InChI is InChI=1S/C34H20N2S/c1-2-8-24-21(7-1)15-18-31-33(24)28-16-13-22(19-32(28)37-31)23-14-17-30(35-20-23)34-27-11-4-3-9-25(27)26-10-5-6-12-29(26)36-34/h1-20H. The van der Waals surface area contributed by atoms with E-state index in [0.29, 0.717) is 0 Å². The van der Waals surface area contributed by atoms with Crippen LogP contribution in [-0.4, -0.2) is 9.97 Å². The molecule has 0 spiro atoms. The number of aromatic nitrogens is 2. The fourth-order valence-electron chi connectivity index (χ4n) is 5.53. The second-order valence-electron chi connectivity index (χ2n) is 9.43. The van der Waals surface area contributed by atoms with Crippen LogP contribution in [0.1, 0.15) is 0 Å². The normalized spacial score (nSPS) is 11.8. The first-order valence-electron chi connectivity index (χ1n) is 12.4. The van der Waals surface area contributed by atoms with E-state index >= 15 is 0 Å². The summed E-state index contributed by atoms with van der Waals surface area (Å²) in [6, 6.07) is 40.9. The summed E-state index contributed by atoms with van der Waals surface area (Å²) >= 11 is 1.86. The fraction of sp³-hybridized carbons (Fsp3) is 0. The van der Waals surface area contributed by atoms with Gasteiger partial charge in [-0.1, -0.05) is 91.0 Å². The molecule has 0 aliphatic rings. The van der Waals surface area contributed by atoms with Crippen molar-refractivity contribution in [1.29, 1.82) is 0 Å². The summed E-state index contributed by atoms with van der Waals surface area (Å²) in [6.45, 7) is 0. The molecule has 0 aliphatic carbocycles. The lowest BCUT2D eigenvalue weighted by Gasteiger charge is -2.10. The fourth-order valence-corrected chi connectivity index (χ4v) is 6.69. The van der Waals surface area contributed by atoms with E-state index in [1.165, 1.54) is 47.3 Å². The molecule has 5 aromatic carbocycles. The van der Waals surface area contributed by atoms with Gasteiger partial charge in [-0.15, -0.1) is 11.3 Å². The minimum Gasteiger partial charge on any atom is -0.254 e. The van der Waals surface area contributed by atoms with Crippen molar-refractivity contribution < 1.29 is 0 Å². The predicted molar refractivity (Wildman–Crippen MR) is 158 cm³/mol. The number of benzene rings is 5. The van der Waals surface area contributed by atoms with Gasteiger partial charge in [0.2, 0.25) is 0 Å². The van der Waals surface area contributed by atoms with Crippen LogP contribution in [0.25, 0.3) is 75.1 Å². The molecular weight excluding hydrogens is 468 g/mol. The van der Waals surface area contributed by atoms with Gasteiger partial charge in [0.05, 0.1) is 16.9 Å². The molecule has 0 N–H and O–H groups in total.